The van der Waals surface area contributed by atoms with Crippen LogP contribution in [0.2, 0.25) is 0 Å². The van der Waals surface area contributed by atoms with Gasteiger partial charge in [-0.1, -0.05) is 0 Å². The van der Waals surface area contributed by atoms with Crippen molar-refractivity contribution in [3.63, 3.8) is 0 Å². The quantitative estimate of drug-likeness (QED) is 0.696. The van der Waals surface area contributed by atoms with Crippen LogP contribution in [0.4, 0.5) is 13.6 Å². The van der Waals surface area contributed by atoms with Crippen LogP contribution in [0.5, 0.6) is 0 Å². The molecule has 1 aromatic carbocycles. The van der Waals surface area contributed by atoms with Crippen molar-refractivity contribution in [3.8, 4) is 0 Å². The van der Waals surface area contributed by atoms with Gasteiger partial charge in [-0.25, -0.2) is 23.4 Å². The number of hydrogen-bond acceptors (Lipinski definition) is 6. The van der Waals surface area contributed by atoms with Crippen molar-refractivity contribution in [2.75, 3.05) is 6.61 Å². The third-order valence-corrected chi connectivity index (χ3v) is 6.04. The minimum absolute atomic E-state index is 0.0179. The van der Waals surface area contributed by atoms with E-state index in [1.165, 1.54) is 0 Å². The molecule has 0 unspecified atom stereocenters. The molecular weight excluding hydrogens is 450 g/mol. The van der Waals surface area contributed by atoms with E-state index in [-0.39, 0.29) is 24.0 Å². The number of benzene rings is 1. The first-order valence-corrected chi connectivity index (χ1v) is 11.0. The van der Waals surface area contributed by atoms with Crippen molar-refractivity contribution >= 4 is 12.1 Å². The number of carbonyl (C=O) groups excluding carboxylic acids is 1. The molecule has 3 heterocycles. The third-order valence-electron chi connectivity index (χ3n) is 6.04. The van der Waals surface area contributed by atoms with Crippen molar-refractivity contribution in [2.45, 2.75) is 64.1 Å². The predicted octanol–water partition coefficient (Wildman–Crippen LogP) is 3.14. The number of amides is 1. The minimum atomic E-state index is -1.09. The van der Waals surface area contributed by atoms with Gasteiger partial charge in [0.25, 0.3) is 0 Å². The molecule has 2 aliphatic heterocycles. The van der Waals surface area contributed by atoms with Crippen molar-refractivity contribution in [2.24, 2.45) is 7.05 Å². The molecule has 34 heavy (non-hydrogen) atoms. The molecule has 1 fully saturated rings. The summed E-state index contributed by atoms with van der Waals surface area (Å²) in [5.74, 6) is -2.34. The number of fused-ring (bicyclic) bond motifs is 1. The molecule has 0 saturated carbocycles. The van der Waals surface area contributed by atoms with E-state index >= 15 is 0 Å². The van der Waals surface area contributed by atoms with Crippen LogP contribution in [0.3, 0.4) is 0 Å². The fraction of sp³-hybridized carbons (Fsp3) is 0.522. The topological polar surface area (TPSA) is 106 Å². The van der Waals surface area contributed by atoms with Gasteiger partial charge in [0.05, 0.1) is 24.0 Å². The lowest BCUT2D eigenvalue weighted by Crippen LogP contribution is -2.52. The van der Waals surface area contributed by atoms with Crippen LogP contribution in [0.15, 0.2) is 18.2 Å². The molecule has 4 rings (SSSR count). The first-order chi connectivity index (χ1) is 15.9. The van der Waals surface area contributed by atoms with Crippen LogP contribution in [-0.4, -0.2) is 55.9 Å². The number of carbonyl (C=O) groups is 2. The summed E-state index contributed by atoms with van der Waals surface area (Å²) >= 11 is 0. The van der Waals surface area contributed by atoms with Crippen LogP contribution in [0, 0.1) is 11.6 Å². The molecule has 2 aromatic rings. The number of nitrogens with zero attached hydrogens (tertiary/aromatic N) is 3. The Balaban J connectivity index is 1.54. The van der Waals surface area contributed by atoms with Gasteiger partial charge in [-0.2, -0.15) is 0 Å². The number of hydrogen-bond donors (Lipinski definition) is 2. The summed E-state index contributed by atoms with van der Waals surface area (Å²) < 4.78 is 41.4. The average Bonchev–Trinajstić information content (AvgIpc) is 3.28. The number of carboxylic acids is 1. The highest BCUT2D eigenvalue weighted by atomic mass is 19.1. The van der Waals surface area contributed by atoms with Crippen LogP contribution >= 0.6 is 0 Å². The van der Waals surface area contributed by atoms with Gasteiger partial charge >= 0.3 is 12.1 Å². The third kappa shape index (κ3) is 4.90. The molecule has 3 atom stereocenters. The smallest absolute Gasteiger partial charge is 0.407 e. The highest BCUT2D eigenvalue weighted by Gasteiger charge is 2.40. The lowest BCUT2D eigenvalue weighted by Gasteiger charge is -2.40. The fourth-order valence-corrected chi connectivity index (χ4v) is 4.51. The molecule has 11 heteroatoms. The number of halogens is 2. The fourth-order valence-electron chi connectivity index (χ4n) is 4.51. The lowest BCUT2D eigenvalue weighted by molar-refractivity contribution is -0.0630. The Morgan fingerprint density at radius 2 is 2.00 bits per heavy atom. The van der Waals surface area contributed by atoms with Gasteiger partial charge < -0.3 is 24.5 Å². The summed E-state index contributed by atoms with van der Waals surface area (Å²) in [6.07, 6.45) is -1.19. The molecule has 0 aliphatic carbocycles. The van der Waals surface area contributed by atoms with E-state index in [0.29, 0.717) is 25.2 Å². The van der Waals surface area contributed by atoms with Crippen molar-refractivity contribution < 1.29 is 33.0 Å². The van der Waals surface area contributed by atoms with Gasteiger partial charge in [0.1, 0.15) is 23.3 Å². The number of imidazole rings is 1. The minimum Gasteiger partial charge on any atom is -0.475 e. The van der Waals surface area contributed by atoms with Crippen LogP contribution in [0.1, 0.15) is 60.9 Å². The van der Waals surface area contributed by atoms with E-state index in [2.05, 4.69) is 15.2 Å². The van der Waals surface area contributed by atoms with Gasteiger partial charge in [0.2, 0.25) is 5.82 Å². The van der Waals surface area contributed by atoms with Crippen LogP contribution in [0.25, 0.3) is 0 Å². The first-order valence-electron chi connectivity index (χ1n) is 11.0. The largest absolute Gasteiger partial charge is 0.475 e. The Morgan fingerprint density at radius 3 is 2.65 bits per heavy atom. The highest BCUT2D eigenvalue weighted by molar-refractivity contribution is 5.83. The standard InChI is InChI=1S/C23H28F2N4O5/c1-23(2,3)34-22(32)27-16-8-13(11-33-19(16)14-7-12(24)5-6-15(14)25)29-9-17-18(10-29)28(4)20(26-17)21(30)31/h5-7,13,16,19H,8-11H2,1-4H3,(H,27,32)(H,30,31)/t13-,16+,19+/m1/s1. The normalized spacial score (nSPS) is 22.9. The number of ether oxygens (including phenoxy) is 2. The molecule has 0 bridgehead atoms. The Morgan fingerprint density at radius 1 is 1.26 bits per heavy atom. The number of alkyl carbamates (subject to hydrolysis) is 1. The predicted molar refractivity (Wildman–Crippen MR) is 116 cm³/mol. The van der Waals surface area contributed by atoms with Gasteiger partial charge in [-0.05, 0) is 45.4 Å². The molecule has 1 saturated heterocycles. The van der Waals surface area contributed by atoms with Crippen molar-refractivity contribution in [1.82, 2.24) is 19.8 Å². The van der Waals surface area contributed by atoms with Crippen LogP contribution in [-0.2, 0) is 29.6 Å². The zero-order valence-electron chi connectivity index (χ0n) is 19.5. The Bertz CT molecular complexity index is 1110. The van der Waals surface area contributed by atoms with E-state index in [4.69, 9.17) is 9.47 Å². The van der Waals surface area contributed by atoms with Crippen molar-refractivity contribution in [3.05, 3.63) is 52.6 Å². The maximum Gasteiger partial charge on any atom is 0.407 e. The molecule has 184 valence electrons. The number of aromatic nitrogens is 2. The summed E-state index contributed by atoms with van der Waals surface area (Å²) in [4.78, 5) is 30.2. The van der Waals surface area contributed by atoms with Gasteiger partial charge in [-0.3, -0.25) is 4.90 Å². The Kier molecular flexibility index (Phi) is 6.34. The second-order valence-electron chi connectivity index (χ2n) is 9.66. The molecule has 1 amide bonds. The Labute approximate surface area is 195 Å². The van der Waals surface area contributed by atoms with Gasteiger partial charge in [0.15, 0.2) is 0 Å². The molecule has 2 N–H and O–H groups in total. The number of aromatic carboxylic acids is 1. The summed E-state index contributed by atoms with van der Waals surface area (Å²) in [7, 11) is 1.66. The zero-order chi connectivity index (χ0) is 24.8. The second-order valence-corrected chi connectivity index (χ2v) is 9.66. The molecule has 9 nitrogen and oxygen atoms in total. The second kappa shape index (κ2) is 8.95. The summed E-state index contributed by atoms with van der Waals surface area (Å²) in [6.45, 7) is 6.29. The average molecular weight is 478 g/mol. The maximum absolute atomic E-state index is 14.6. The SMILES string of the molecule is Cn1c(C(=O)O)nc2c1CN([C@H]1CO[C@@H](c3cc(F)ccc3F)[C@@H](NC(=O)OC(C)(C)C)C1)C2. The maximum atomic E-state index is 14.6. The molecule has 0 radical (unpaired) electrons. The number of carboxylic acid groups (broad SMARTS) is 1. The number of nitrogens with one attached hydrogen (secondary N) is 1. The summed E-state index contributed by atoms with van der Waals surface area (Å²) in [5.41, 5.74) is 0.766. The summed E-state index contributed by atoms with van der Waals surface area (Å²) in [6, 6.07) is 2.28. The van der Waals surface area contributed by atoms with Crippen LogP contribution < -0.4 is 5.32 Å². The molecular formula is C23H28F2N4O5. The molecule has 0 spiro atoms. The van der Waals surface area contributed by atoms with Gasteiger partial charge in [-0.15, -0.1) is 0 Å². The van der Waals surface area contributed by atoms with E-state index in [0.717, 1.165) is 23.9 Å². The van der Waals surface area contributed by atoms with Gasteiger partial charge in [0, 0.05) is 31.7 Å². The van der Waals surface area contributed by atoms with E-state index < -0.39 is 41.4 Å². The van der Waals surface area contributed by atoms with E-state index in [1.54, 1.807) is 32.4 Å². The highest BCUT2D eigenvalue weighted by Crippen LogP contribution is 2.35. The molecule has 1 aromatic heterocycles. The van der Waals surface area contributed by atoms with E-state index in [1.807, 2.05) is 0 Å². The first kappa shape index (κ1) is 24.1. The Hall–Kier alpha value is -3.05. The molecule has 2 aliphatic rings. The monoisotopic (exact) mass is 478 g/mol. The zero-order valence-corrected chi connectivity index (χ0v) is 19.5. The number of rotatable bonds is 4. The van der Waals surface area contributed by atoms with E-state index in [9.17, 15) is 23.5 Å². The van der Waals surface area contributed by atoms with Crippen molar-refractivity contribution in [1.29, 1.82) is 0 Å². The lowest BCUT2D eigenvalue weighted by atomic mass is 9.92. The summed E-state index contributed by atoms with van der Waals surface area (Å²) in [5, 5.41) is 12.1.